The standard InChI is InChI=1S/C27H41NO11/c1-9-17(6)14-33-25(30)37-19(8)18(7)36-24(29)21(28)12-20-10-11-22(38-26(31)34-15(2)3)23(13-20)39-27(32)35-16(4)5/h10-11,13,15-19,21H,9,12,14,28H2,1-8H3/t17?,18-,19-,21-/m0/s1. The van der Waals surface area contributed by atoms with Crippen LogP contribution >= 0.6 is 0 Å². The molecule has 1 rings (SSSR count). The lowest BCUT2D eigenvalue weighted by Crippen LogP contribution is -2.39. The number of carbonyl (C=O) groups excluding carboxylic acids is 4. The summed E-state index contributed by atoms with van der Waals surface area (Å²) < 4.78 is 35.9. The van der Waals surface area contributed by atoms with Gasteiger partial charge in [0.1, 0.15) is 18.2 Å². The molecule has 0 aliphatic rings. The molecule has 0 amide bonds. The molecule has 0 aromatic heterocycles. The van der Waals surface area contributed by atoms with E-state index in [1.54, 1.807) is 41.5 Å². The Morgan fingerprint density at radius 1 is 0.744 bits per heavy atom. The van der Waals surface area contributed by atoms with Gasteiger partial charge in [-0.05, 0) is 71.6 Å². The molecule has 0 spiro atoms. The minimum absolute atomic E-state index is 0.00987. The van der Waals surface area contributed by atoms with Gasteiger partial charge in [-0.1, -0.05) is 26.3 Å². The van der Waals surface area contributed by atoms with Gasteiger partial charge in [-0.2, -0.15) is 0 Å². The average Bonchev–Trinajstić information content (AvgIpc) is 2.82. The van der Waals surface area contributed by atoms with E-state index in [1.165, 1.54) is 18.2 Å². The summed E-state index contributed by atoms with van der Waals surface area (Å²) in [6.45, 7) is 13.9. The molecule has 220 valence electrons. The summed E-state index contributed by atoms with van der Waals surface area (Å²) in [6.07, 6.45) is -4.47. The molecule has 0 fully saturated rings. The maximum Gasteiger partial charge on any atom is 0.514 e. The molecule has 1 unspecified atom stereocenters. The van der Waals surface area contributed by atoms with Crippen LogP contribution < -0.4 is 15.2 Å². The summed E-state index contributed by atoms with van der Waals surface area (Å²) in [5.41, 5.74) is 6.52. The van der Waals surface area contributed by atoms with Crippen LogP contribution in [0.3, 0.4) is 0 Å². The number of esters is 1. The van der Waals surface area contributed by atoms with Crippen LogP contribution in [0.1, 0.15) is 67.4 Å². The van der Waals surface area contributed by atoms with Crippen molar-refractivity contribution in [3.05, 3.63) is 23.8 Å². The molecule has 2 N–H and O–H groups in total. The zero-order valence-corrected chi connectivity index (χ0v) is 23.9. The topological polar surface area (TPSA) is 159 Å². The molecule has 0 saturated carbocycles. The number of rotatable bonds is 13. The molecule has 0 aliphatic carbocycles. The largest absolute Gasteiger partial charge is 0.514 e. The minimum Gasteiger partial charge on any atom is -0.458 e. The van der Waals surface area contributed by atoms with Gasteiger partial charge in [0, 0.05) is 0 Å². The predicted octanol–water partition coefficient (Wildman–Crippen LogP) is 4.92. The first-order valence-electron chi connectivity index (χ1n) is 12.9. The Balaban J connectivity index is 2.85. The van der Waals surface area contributed by atoms with Crippen LogP contribution in [0.25, 0.3) is 0 Å². The van der Waals surface area contributed by atoms with E-state index in [2.05, 4.69) is 0 Å². The number of carbonyl (C=O) groups is 4. The quantitative estimate of drug-likeness (QED) is 0.199. The predicted molar refractivity (Wildman–Crippen MR) is 140 cm³/mol. The van der Waals surface area contributed by atoms with Crippen molar-refractivity contribution in [2.75, 3.05) is 6.61 Å². The maximum absolute atomic E-state index is 12.6. The summed E-state index contributed by atoms with van der Waals surface area (Å²) >= 11 is 0. The lowest BCUT2D eigenvalue weighted by Gasteiger charge is -2.22. The van der Waals surface area contributed by atoms with Gasteiger partial charge in [0.25, 0.3) is 0 Å². The molecular formula is C27H41NO11. The first-order chi connectivity index (χ1) is 18.2. The van der Waals surface area contributed by atoms with Crippen LogP contribution in [0.4, 0.5) is 14.4 Å². The first-order valence-corrected chi connectivity index (χ1v) is 12.9. The van der Waals surface area contributed by atoms with Crippen LogP contribution in [-0.4, -0.2) is 61.5 Å². The lowest BCUT2D eigenvalue weighted by molar-refractivity contribution is -0.155. The van der Waals surface area contributed by atoms with Gasteiger partial charge in [-0.15, -0.1) is 0 Å². The highest BCUT2D eigenvalue weighted by Gasteiger charge is 2.26. The molecule has 12 nitrogen and oxygen atoms in total. The summed E-state index contributed by atoms with van der Waals surface area (Å²) in [6, 6.07) is 3.19. The third-order valence-corrected chi connectivity index (χ3v) is 5.24. The number of hydrogen-bond acceptors (Lipinski definition) is 12. The lowest BCUT2D eigenvalue weighted by atomic mass is 10.1. The summed E-state index contributed by atoms with van der Waals surface area (Å²) in [7, 11) is 0. The zero-order valence-electron chi connectivity index (χ0n) is 23.9. The highest BCUT2D eigenvalue weighted by atomic mass is 16.8. The molecule has 4 atom stereocenters. The summed E-state index contributed by atoms with van der Waals surface area (Å²) in [4.78, 5) is 48.5. The highest BCUT2D eigenvalue weighted by Crippen LogP contribution is 2.30. The Morgan fingerprint density at radius 3 is 1.82 bits per heavy atom. The fourth-order valence-electron chi connectivity index (χ4n) is 2.77. The van der Waals surface area contributed by atoms with Gasteiger partial charge in [-0.3, -0.25) is 4.79 Å². The van der Waals surface area contributed by atoms with Gasteiger partial charge in [-0.25, -0.2) is 14.4 Å². The average molecular weight is 556 g/mol. The second kappa shape index (κ2) is 16.4. The maximum atomic E-state index is 12.6. The molecule has 12 heteroatoms. The SMILES string of the molecule is CCC(C)COC(=O)O[C@@H](C)[C@H](C)OC(=O)[C@@H](N)Cc1ccc(OC(=O)OC(C)C)c(OC(=O)OC(C)C)c1. The summed E-state index contributed by atoms with van der Waals surface area (Å²) in [5.74, 6) is -0.775. The molecule has 0 saturated heterocycles. The van der Waals surface area contributed by atoms with Crippen molar-refractivity contribution >= 4 is 24.4 Å². The van der Waals surface area contributed by atoms with Gasteiger partial charge in [0.05, 0.1) is 18.8 Å². The van der Waals surface area contributed by atoms with E-state index in [0.717, 1.165) is 6.42 Å². The van der Waals surface area contributed by atoms with Crippen molar-refractivity contribution in [2.24, 2.45) is 11.7 Å². The molecule has 1 aromatic rings. The Hall–Kier alpha value is -3.54. The van der Waals surface area contributed by atoms with Gasteiger partial charge in [0.15, 0.2) is 11.5 Å². The molecule has 0 radical (unpaired) electrons. The molecule has 0 heterocycles. The van der Waals surface area contributed by atoms with Crippen LogP contribution in [0.5, 0.6) is 11.5 Å². The van der Waals surface area contributed by atoms with Crippen molar-refractivity contribution in [3.8, 4) is 11.5 Å². The minimum atomic E-state index is -1.11. The van der Waals surface area contributed by atoms with E-state index in [0.29, 0.717) is 5.56 Å². The van der Waals surface area contributed by atoms with Crippen molar-refractivity contribution in [1.29, 1.82) is 0 Å². The molecule has 0 aliphatic heterocycles. The first kappa shape index (κ1) is 33.5. The smallest absolute Gasteiger partial charge is 0.458 e. The van der Waals surface area contributed by atoms with E-state index < -0.39 is 54.9 Å². The van der Waals surface area contributed by atoms with E-state index in [4.69, 9.17) is 38.9 Å². The van der Waals surface area contributed by atoms with Crippen molar-refractivity contribution in [3.63, 3.8) is 0 Å². The van der Waals surface area contributed by atoms with Gasteiger partial charge in [0.2, 0.25) is 0 Å². The highest BCUT2D eigenvalue weighted by molar-refractivity contribution is 5.76. The third kappa shape index (κ3) is 13.2. The second-order valence-electron chi connectivity index (χ2n) is 9.67. The van der Waals surface area contributed by atoms with Crippen LogP contribution in [0.15, 0.2) is 18.2 Å². The second-order valence-corrected chi connectivity index (χ2v) is 9.67. The van der Waals surface area contributed by atoms with E-state index in [1.807, 2.05) is 13.8 Å². The monoisotopic (exact) mass is 555 g/mol. The fraction of sp³-hybridized carbons (Fsp3) is 0.630. The molecule has 1 aromatic carbocycles. The Morgan fingerprint density at radius 2 is 1.28 bits per heavy atom. The fourth-order valence-corrected chi connectivity index (χ4v) is 2.77. The Labute approximate surface area is 229 Å². The van der Waals surface area contributed by atoms with Crippen molar-refractivity contribution in [2.45, 2.75) is 98.7 Å². The Bertz CT molecular complexity index is 963. The van der Waals surface area contributed by atoms with Crippen molar-refractivity contribution < 1.29 is 52.3 Å². The Kier molecular flexibility index (Phi) is 14.1. The van der Waals surface area contributed by atoms with Crippen molar-refractivity contribution in [1.82, 2.24) is 0 Å². The van der Waals surface area contributed by atoms with Crippen LogP contribution in [0.2, 0.25) is 0 Å². The molecular weight excluding hydrogens is 514 g/mol. The van der Waals surface area contributed by atoms with Crippen LogP contribution in [0, 0.1) is 5.92 Å². The number of benzene rings is 1. The third-order valence-electron chi connectivity index (χ3n) is 5.24. The molecule has 0 bridgehead atoms. The van der Waals surface area contributed by atoms with E-state index >= 15 is 0 Å². The summed E-state index contributed by atoms with van der Waals surface area (Å²) in [5, 5.41) is 0. The zero-order chi connectivity index (χ0) is 29.7. The number of hydrogen-bond donors (Lipinski definition) is 1. The van der Waals surface area contributed by atoms with Gasteiger partial charge >= 0.3 is 24.4 Å². The molecule has 39 heavy (non-hydrogen) atoms. The van der Waals surface area contributed by atoms with E-state index in [9.17, 15) is 19.2 Å². The number of nitrogens with two attached hydrogens (primary N) is 1. The van der Waals surface area contributed by atoms with Crippen LogP contribution in [-0.2, 0) is 34.9 Å². The number of ether oxygens (including phenoxy) is 7. The normalized spacial score (nSPS) is 14.0. The van der Waals surface area contributed by atoms with Gasteiger partial charge < -0.3 is 38.9 Å². The van der Waals surface area contributed by atoms with E-state index in [-0.39, 0.29) is 30.4 Å².